The average Bonchev–Trinajstić information content (AvgIpc) is 2.52. The van der Waals surface area contributed by atoms with Crippen molar-refractivity contribution in [2.45, 2.75) is 12.4 Å². The Hall–Kier alpha value is -1.51. The van der Waals surface area contributed by atoms with Crippen molar-refractivity contribution < 1.29 is 26.3 Å². The molecule has 98 valence electrons. The number of hydrogen-bond acceptors (Lipinski definition) is 1. The van der Waals surface area contributed by atoms with Gasteiger partial charge in [-0.15, -0.1) is 0 Å². The van der Waals surface area contributed by atoms with Crippen molar-refractivity contribution in [3.8, 4) is 0 Å². The van der Waals surface area contributed by atoms with Crippen LogP contribution in [0.1, 0.15) is 11.1 Å². The molecule has 0 aliphatic carbocycles. The Kier molecular flexibility index (Phi) is 2.69. The SMILES string of the molecule is FC(F)(F)c1cc2[nH]c(=S)[nH]c2cc1C(F)(F)F. The summed E-state index contributed by atoms with van der Waals surface area (Å²) in [7, 11) is 0. The summed E-state index contributed by atoms with van der Waals surface area (Å²) in [5, 5.41) is 0. The fourth-order valence-corrected chi connectivity index (χ4v) is 1.77. The molecule has 0 fully saturated rings. The van der Waals surface area contributed by atoms with Gasteiger partial charge in [0, 0.05) is 0 Å². The first-order chi connectivity index (χ1) is 8.09. The third kappa shape index (κ3) is 2.22. The van der Waals surface area contributed by atoms with E-state index in [9.17, 15) is 26.3 Å². The Morgan fingerprint density at radius 2 is 1.11 bits per heavy atom. The van der Waals surface area contributed by atoms with E-state index in [0.29, 0.717) is 12.1 Å². The number of rotatable bonds is 0. The molecule has 9 heteroatoms. The van der Waals surface area contributed by atoms with Crippen LogP contribution in [0.3, 0.4) is 0 Å². The van der Waals surface area contributed by atoms with Crippen LogP contribution in [0.25, 0.3) is 11.0 Å². The van der Waals surface area contributed by atoms with Gasteiger partial charge in [-0.1, -0.05) is 0 Å². The Labute approximate surface area is 101 Å². The van der Waals surface area contributed by atoms with Crippen molar-refractivity contribution in [2.75, 3.05) is 0 Å². The van der Waals surface area contributed by atoms with Crippen LogP contribution in [0.4, 0.5) is 26.3 Å². The molecule has 0 saturated heterocycles. The molecule has 0 amide bonds. The molecule has 0 spiro atoms. The van der Waals surface area contributed by atoms with E-state index in [1.54, 1.807) is 0 Å². The van der Waals surface area contributed by atoms with E-state index in [0.717, 1.165) is 0 Å². The number of fused-ring (bicyclic) bond motifs is 1. The zero-order valence-corrected chi connectivity index (χ0v) is 9.15. The summed E-state index contributed by atoms with van der Waals surface area (Å²) < 4.78 is 75.3. The second-order valence-corrected chi connectivity index (χ2v) is 3.93. The minimum atomic E-state index is -5.09. The Morgan fingerprint density at radius 1 is 0.778 bits per heavy atom. The first kappa shape index (κ1) is 12.9. The molecule has 2 nitrogen and oxygen atoms in total. The minimum absolute atomic E-state index is 0.0440. The third-order valence-electron chi connectivity index (χ3n) is 2.26. The molecule has 2 aromatic rings. The lowest BCUT2D eigenvalue weighted by Gasteiger charge is -2.15. The van der Waals surface area contributed by atoms with Crippen molar-refractivity contribution in [3.63, 3.8) is 0 Å². The summed E-state index contributed by atoms with van der Waals surface area (Å²) in [5.74, 6) is 0. The maximum Gasteiger partial charge on any atom is 0.417 e. The molecular formula is C9H4F6N2S. The maximum atomic E-state index is 12.6. The van der Waals surface area contributed by atoms with E-state index in [-0.39, 0.29) is 15.8 Å². The third-order valence-corrected chi connectivity index (χ3v) is 2.47. The summed E-state index contributed by atoms with van der Waals surface area (Å²) in [6.45, 7) is 0. The normalized spacial score (nSPS) is 13.2. The highest BCUT2D eigenvalue weighted by molar-refractivity contribution is 7.71. The molecule has 1 heterocycles. The van der Waals surface area contributed by atoms with E-state index in [1.807, 2.05) is 0 Å². The average molecular weight is 286 g/mol. The smallest absolute Gasteiger partial charge is 0.331 e. The lowest BCUT2D eigenvalue weighted by atomic mass is 10.1. The highest BCUT2D eigenvalue weighted by Gasteiger charge is 2.43. The van der Waals surface area contributed by atoms with Gasteiger partial charge in [-0.05, 0) is 24.4 Å². The number of hydrogen-bond donors (Lipinski definition) is 2. The van der Waals surface area contributed by atoms with Crippen molar-refractivity contribution in [1.82, 2.24) is 9.97 Å². The van der Waals surface area contributed by atoms with Gasteiger partial charge < -0.3 is 9.97 Å². The molecule has 2 rings (SSSR count). The van der Waals surface area contributed by atoms with Gasteiger partial charge in [-0.2, -0.15) is 26.3 Å². The monoisotopic (exact) mass is 286 g/mol. The van der Waals surface area contributed by atoms with Crippen LogP contribution in [0.2, 0.25) is 0 Å². The Morgan fingerprint density at radius 3 is 1.39 bits per heavy atom. The summed E-state index contributed by atoms with van der Waals surface area (Å²) in [6, 6.07) is 0.787. The largest absolute Gasteiger partial charge is 0.417 e. The highest BCUT2D eigenvalue weighted by atomic mass is 32.1. The molecule has 0 saturated carbocycles. The van der Waals surface area contributed by atoms with Gasteiger partial charge in [0.1, 0.15) is 0 Å². The predicted molar refractivity (Wildman–Crippen MR) is 53.5 cm³/mol. The maximum absolute atomic E-state index is 12.6. The lowest BCUT2D eigenvalue weighted by molar-refractivity contribution is -0.161. The van der Waals surface area contributed by atoms with Crippen LogP contribution < -0.4 is 0 Å². The molecule has 0 bridgehead atoms. The number of H-pyrrole nitrogens is 2. The van der Waals surface area contributed by atoms with Gasteiger partial charge >= 0.3 is 12.4 Å². The molecule has 0 unspecified atom stereocenters. The van der Waals surface area contributed by atoms with Crippen molar-refractivity contribution in [3.05, 3.63) is 28.0 Å². The number of nitrogens with one attached hydrogen (secondary N) is 2. The fraction of sp³-hybridized carbons (Fsp3) is 0.222. The molecule has 1 aromatic carbocycles. The molecule has 2 N–H and O–H groups in total. The second-order valence-electron chi connectivity index (χ2n) is 3.52. The zero-order valence-electron chi connectivity index (χ0n) is 8.33. The molecule has 0 radical (unpaired) electrons. The van der Waals surface area contributed by atoms with E-state index >= 15 is 0 Å². The van der Waals surface area contributed by atoms with E-state index in [2.05, 4.69) is 22.2 Å². The quantitative estimate of drug-likeness (QED) is 0.550. The predicted octanol–water partition coefficient (Wildman–Crippen LogP) is 4.26. The highest BCUT2D eigenvalue weighted by Crippen LogP contribution is 2.41. The van der Waals surface area contributed by atoms with Gasteiger partial charge in [-0.25, -0.2) is 0 Å². The van der Waals surface area contributed by atoms with Crippen LogP contribution in [0.5, 0.6) is 0 Å². The van der Waals surface area contributed by atoms with Gasteiger partial charge in [0.15, 0.2) is 4.77 Å². The summed E-state index contributed by atoms with van der Waals surface area (Å²) in [4.78, 5) is 4.68. The molecule has 0 atom stereocenters. The van der Waals surface area contributed by atoms with Gasteiger partial charge in [-0.3, -0.25) is 0 Å². The van der Waals surface area contributed by atoms with Crippen LogP contribution in [-0.2, 0) is 12.4 Å². The summed E-state index contributed by atoms with van der Waals surface area (Å²) in [6.07, 6.45) is -10.2. The zero-order chi connectivity index (χ0) is 13.7. The number of halogens is 6. The standard InChI is InChI=1S/C9H4F6N2S/c10-8(11,12)3-1-5-6(17-7(18)16-5)2-4(3)9(13,14)15/h1-2H,(H2,16,17,18). The van der Waals surface area contributed by atoms with Gasteiger partial charge in [0.2, 0.25) is 0 Å². The molecule has 18 heavy (non-hydrogen) atoms. The van der Waals surface area contributed by atoms with Crippen LogP contribution in [0.15, 0.2) is 12.1 Å². The van der Waals surface area contributed by atoms with Crippen LogP contribution >= 0.6 is 12.2 Å². The minimum Gasteiger partial charge on any atom is -0.331 e. The van der Waals surface area contributed by atoms with Crippen LogP contribution in [-0.4, -0.2) is 9.97 Å². The van der Waals surface area contributed by atoms with Crippen molar-refractivity contribution in [1.29, 1.82) is 0 Å². The van der Waals surface area contributed by atoms with Crippen LogP contribution in [0, 0.1) is 4.77 Å². The topological polar surface area (TPSA) is 31.6 Å². The lowest BCUT2D eigenvalue weighted by Crippen LogP contribution is -2.16. The first-order valence-electron chi connectivity index (χ1n) is 4.49. The molecule has 0 aliphatic rings. The van der Waals surface area contributed by atoms with E-state index in [4.69, 9.17) is 0 Å². The second kappa shape index (κ2) is 3.74. The Bertz CT molecular complexity index is 594. The van der Waals surface area contributed by atoms with Gasteiger partial charge in [0.25, 0.3) is 0 Å². The number of benzene rings is 1. The van der Waals surface area contributed by atoms with Gasteiger partial charge in [0.05, 0.1) is 22.2 Å². The number of aromatic nitrogens is 2. The number of aromatic amines is 2. The summed E-state index contributed by atoms with van der Waals surface area (Å²) >= 11 is 4.61. The fourth-order valence-electron chi connectivity index (χ4n) is 1.55. The molecular weight excluding hydrogens is 282 g/mol. The van der Waals surface area contributed by atoms with Crippen molar-refractivity contribution in [2.24, 2.45) is 0 Å². The number of imidazole rings is 1. The molecule has 1 aromatic heterocycles. The number of alkyl halides is 6. The van der Waals surface area contributed by atoms with Crippen molar-refractivity contribution >= 4 is 23.3 Å². The van der Waals surface area contributed by atoms with E-state index < -0.39 is 23.5 Å². The summed E-state index contributed by atoms with van der Waals surface area (Å²) in [5.41, 5.74) is -3.74. The first-order valence-corrected chi connectivity index (χ1v) is 4.90. The molecule has 0 aliphatic heterocycles. The van der Waals surface area contributed by atoms with E-state index in [1.165, 1.54) is 0 Å². The Balaban J connectivity index is 2.84.